The standard InChI is InChI=1S/C13H12ClNO4/c1-18-9-4-3-7(10(14)12(9)19-2)8-5-6-15-11(8)13(16)17/h3-6,15H,1-2H3,(H,16,17). The van der Waals surface area contributed by atoms with Gasteiger partial charge in [0, 0.05) is 17.3 Å². The molecule has 0 saturated heterocycles. The summed E-state index contributed by atoms with van der Waals surface area (Å²) in [4.78, 5) is 13.8. The quantitative estimate of drug-likeness (QED) is 0.903. The molecule has 2 aromatic rings. The highest BCUT2D eigenvalue weighted by molar-refractivity contribution is 6.35. The maximum Gasteiger partial charge on any atom is 0.352 e. The predicted molar refractivity (Wildman–Crippen MR) is 71.3 cm³/mol. The minimum Gasteiger partial charge on any atom is -0.493 e. The lowest BCUT2D eigenvalue weighted by Gasteiger charge is -2.12. The van der Waals surface area contributed by atoms with Gasteiger partial charge in [0.15, 0.2) is 11.5 Å². The van der Waals surface area contributed by atoms with E-state index in [0.717, 1.165) is 0 Å². The molecule has 2 rings (SSSR count). The van der Waals surface area contributed by atoms with Crippen molar-refractivity contribution in [2.24, 2.45) is 0 Å². The summed E-state index contributed by atoms with van der Waals surface area (Å²) in [7, 11) is 2.98. The molecule has 6 heteroatoms. The van der Waals surface area contributed by atoms with Gasteiger partial charge in [0.25, 0.3) is 0 Å². The van der Waals surface area contributed by atoms with Crippen molar-refractivity contribution in [3.63, 3.8) is 0 Å². The molecule has 0 aliphatic heterocycles. The van der Waals surface area contributed by atoms with Crippen LogP contribution in [0.4, 0.5) is 0 Å². The zero-order valence-electron chi connectivity index (χ0n) is 10.4. The zero-order chi connectivity index (χ0) is 14.0. The lowest BCUT2D eigenvalue weighted by molar-refractivity contribution is 0.0692. The first-order valence-electron chi connectivity index (χ1n) is 5.41. The van der Waals surface area contributed by atoms with Crippen LogP contribution in [0.3, 0.4) is 0 Å². The van der Waals surface area contributed by atoms with E-state index in [4.69, 9.17) is 26.2 Å². The van der Waals surface area contributed by atoms with Crippen molar-refractivity contribution in [1.29, 1.82) is 0 Å². The van der Waals surface area contributed by atoms with E-state index in [1.807, 2.05) is 0 Å². The number of carboxylic acids is 1. The third kappa shape index (κ3) is 2.24. The van der Waals surface area contributed by atoms with Crippen LogP contribution < -0.4 is 9.47 Å². The summed E-state index contributed by atoms with van der Waals surface area (Å²) in [5, 5.41) is 9.41. The highest BCUT2D eigenvalue weighted by atomic mass is 35.5. The van der Waals surface area contributed by atoms with Gasteiger partial charge < -0.3 is 19.6 Å². The van der Waals surface area contributed by atoms with Gasteiger partial charge in [-0.1, -0.05) is 11.6 Å². The van der Waals surface area contributed by atoms with Crippen LogP contribution in [0.15, 0.2) is 24.4 Å². The molecule has 1 heterocycles. The van der Waals surface area contributed by atoms with E-state index in [1.54, 1.807) is 24.4 Å². The summed E-state index contributed by atoms with van der Waals surface area (Å²) in [5.41, 5.74) is 1.14. The molecule has 1 aromatic heterocycles. The number of aromatic nitrogens is 1. The van der Waals surface area contributed by atoms with Gasteiger partial charge in [-0.15, -0.1) is 0 Å². The Morgan fingerprint density at radius 1 is 1.21 bits per heavy atom. The third-order valence-electron chi connectivity index (χ3n) is 2.74. The van der Waals surface area contributed by atoms with E-state index < -0.39 is 5.97 Å². The smallest absolute Gasteiger partial charge is 0.352 e. The van der Waals surface area contributed by atoms with E-state index in [2.05, 4.69) is 4.98 Å². The number of hydrogen-bond acceptors (Lipinski definition) is 3. The van der Waals surface area contributed by atoms with E-state index in [1.165, 1.54) is 14.2 Å². The lowest BCUT2D eigenvalue weighted by Crippen LogP contribution is -1.99. The maximum absolute atomic E-state index is 11.1. The summed E-state index contributed by atoms with van der Waals surface area (Å²) in [6, 6.07) is 5.02. The molecule has 0 aliphatic rings. The van der Waals surface area contributed by atoms with Crippen LogP contribution in [0.1, 0.15) is 10.5 Å². The Labute approximate surface area is 114 Å². The van der Waals surface area contributed by atoms with Crippen molar-refractivity contribution in [3.05, 3.63) is 35.1 Å². The molecular formula is C13H12ClNO4. The fourth-order valence-electron chi connectivity index (χ4n) is 1.87. The molecule has 0 unspecified atom stereocenters. The Kier molecular flexibility index (Phi) is 3.66. The van der Waals surface area contributed by atoms with Crippen LogP contribution in [0, 0.1) is 0 Å². The average molecular weight is 282 g/mol. The zero-order valence-corrected chi connectivity index (χ0v) is 11.1. The Balaban J connectivity index is 2.63. The third-order valence-corrected chi connectivity index (χ3v) is 3.11. The second-order valence-corrected chi connectivity index (χ2v) is 4.11. The van der Waals surface area contributed by atoms with Gasteiger partial charge in [-0.3, -0.25) is 0 Å². The lowest BCUT2D eigenvalue weighted by atomic mass is 10.1. The monoisotopic (exact) mass is 281 g/mol. The van der Waals surface area contributed by atoms with E-state index >= 15 is 0 Å². The van der Waals surface area contributed by atoms with Crippen molar-refractivity contribution in [2.75, 3.05) is 14.2 Å². The topological polar surface area (TPSA) is 71.6 Å². The number of carbonyl (C=O) groups is 1. The highest BCUT2D eigenvalue weighted by Gasteiger charge is 2.19. The van der Waals surface area contributed by atoms with Crippen molar-refractivity contribution in [3.8, 4) is 22.6 Å². The molecular weight excluding hydrogens is 270 g/mol. The number of aromatic amines is 1. The number of H-pyrrole nitrogens is 1. The Morgan fingerprint density at radius 3 is 2.53 bits per heavy atom. The van der Waals surface area contributed by atoms with Crippen molar-refractivity contribution >= 4 is 17.6 Å². The molecule has 100 valence electrons. The largest absolute Gasteiger partial charge is 0.493 e. The minimum atomic E-state index is -1.05. The van der Waals surface area contributed by atoms with Gasteiger partial charge in [-0.25, -0.2) is 4.79 Å². The van der Waals surface area contributed by atoms with Crippen LogP contribution >= 0.6 is 11.6 Å². The SMILES string of the molecule is COc1ccc(-c2cc[nH]c2C(=O)O)c(Cl)c1OC. The van der Waals surface area contributed by atoms with Gasteiger partial charge in [-0.2, -0.15) is 0 Å². The number of carboxylic acid groups (broad SMARTS) is 1. The predicted octanol–water partition coefficient (Wildman–Crippen LogP) is 3.05. The highest BCUT2D eigenvalue weighted by Crippen LogP contribution is 2.42. The van der Waals surface area contributed by atoms with Gasteiger partial charge in [0.2, 0.25) is 0 Å². The molecule has 0 amide bonds. The summed E-state index contributed by atoms with van der Waals surface area (Å²) in [6.07, 6.45) is 1.55. The number of methoxy groups -OCH3 is 2. The van der Waals surface area contributed by atoms with Crippen LogP contribution in [0.2, 0.25) is 5.02 Å². The fourth-order valence-corrected chi connectivity index (χ4v) is 2.20. The number of hydrogen-bond donors (Lipinski definition) is 2. The van der Waals surface area contributed by atoms with Crippen LogP contribution in [-0.2, 0) is 0 Å². The first kappa shape index (κ1) is 13.3. The molecule has 2 N–H and O–H groups in total. The molecule has 0 fully saturated rings. The Hall–Kier alpha value is -2.14. The van der Waals surface area contributed by atoms with Gasteiger partial charge in [0.05, 0.1) is 19.2 Å². The summed E-state index contributed by atoms with van der Waals surface area (Å²) in [5.74, 6) is -0.186. The molecule has 0 spiro atoms. The fraction of sp³-hybridized carbons (Fsp3) is 0.154. The first-order valence-corrected chi connectivity index (χ1v) is 5.79. The number of nitrogens with one attached hydrogen (secondary N) is 1. The number of rotatable bonds is 4. The summed E-state index contributed by atoms with van der Waals surface area (Å²) in [6.45, 7) is 0. The molecule has 0 atom stereocenters. The van der Waals surface area contributed by atoms with E-state index in [0.29, 0.717) is 27.6 Å². The first-order chi connectivity index (χ1) is 9.10. The molecule has 0 aliphatic carbocycles. The van der Waals surface area contributed by atoms with Gasteiger partial charge in [-0.05, 0) is 18.2 Å². The normalized spacial score (nSPS) is 10.3. The van der Waals surface area contributed by atoms with Crippen LogP contribution in [0.25, 0.3) is 11.1 Å². The van der Waals surface area contributed by atoms with E-state index in [9.17, 15) is 4.79 Å². The molecule has 1 aromatic carbocycles. The van der Waals surface area contributed by atoms with Crippen molar-refractivity contribution < 1.29 is 19.4 Å². The minimum absolute atomic E-state index is 0.0779. The number of halogens is 1. The van der Waals surface area contributed by atoms with E-state index in [-0.39, 0.29) is 5.69 Å². The Morgan fingerprint density at radius 2 is 1.95 bits per heavy atom. The van der Waals surface area contributed by atoms with Crippen molar-refractivity contribution in [2.45, 2.75) is 0 Å². The summed E-state index contributed by atoms with van der Waals surface area (Å²) < 4.78 is 10.3. The number of benzene rings is 1. The molecule has 0 bridgehead atoms. The average Bonchev–Trinajstić information content (AvgIpc) is 2.87. The molecule has 0 radical (unpaired) electrons. The molecule has 5 nitrogen and oxygen atoms in total. The maximum atomic E-state index is 11.1. The van der Waals surface area contributed by atoms with Gasteiger partial charge >= 0.3 is 5.97 Å². The van der Waals surface area contributed by atoms with Crippen molar-refractivity contribution in [1.82, 2.24) is 4.98 Å². The second-order valence-electron chi connectivity index (χ2n) is 3.73. The van der Waals surface area contributed by atoms with Crippen LogP contribution in [0.5, 0.6) is 11.5 Å². The van der Waals surface area contributed by atoms with Gasteiger partial charge in [0.1, 0.15) is 5.69 Å². The number of ether oxygens (including phenoxy) is 2. The number of aromatic carboxylic acids is 1. The Bertz CT molecular complexity index is 621. The molecule has 0 saturated carbocycles. The second kappa shape index (κ2) is 5.24. The summed E-state index contributed by atoms with van der Waals surface area (Å²) >= 11 is 6.25. The molecule has 19 heavy (non-hydrogen) atoms. The van der Waals surface area contributed by atoms with Crippen LogP contribution in [-0.4, -0.2) is 30.3 Å².